The van der Waals surface area contributed by atoms with Gasteiger partial charge in [-0.05, 0) is 30.3 Å². The molecule has 164 valence electrons. The number of nitro benzene ring substituents is 1. The molecule has 0 spiro atoms. The van der Waals surface area contributed by atoms with Crippen LogP contribution in [0.25, 0.3) is 0 Å². The van der Waals surface area contributed by atoms with Gasteiger partial charge in [0.2, 0.25) is 0 Å². The first-order valence-corrected chi connectivity index (χ1v) is 10.5. The number of carbonyl (C=O) groups is 1. The molecule has 0 amide bonds. The van der Waals surface area contributed by atoms with Crippen LogP contribution in [0.3, 0.4) is 0 Å². The molecule has 0 bridgehead atoms. The molecule has 2 aromatic rings. The number of non-ortho nitro benzene ring substituents is 1. The van der Waals surface area contributed by atoms with E-state index in [2.05, 4.69) is 9.93 Å². The molecular weight excluding hydrogens is 430 g/mol. The largest absolute Gasteiger partial charge is 0.493 e. The first-order valence-electron chi connectivity index (χ1n) is 8.97. The molecule has 0 aromatic heterocycles. The number of esters is 1. The third-order valence-corrected chi connectivity index (χ3v) is 5.79. The lowest BCUT2D eigenvalue weighted by molar-refractivity contribution is -0.384. The Balaban J connectivity index is 1.96. The number of ether oxygens (including phenoxy) is 3. The average molecular weight is 449 g/mol. The van der Waals surface area contributed by atoms with Gasteiger partial charge in [0.15, 0.2) is 11.5 Å². The van der Waals surface area contributed by atoms with Crippen molar-refractivity contribution in [2.75, 3.05) is 20.8 Å². The highest BCUT2D eigenvalue weighted by Gasteiger charge is 2.30. The van der Waals surface area contributed by atoms with Crippen molar-refractivity contribution in [1.82, 2.24) is 4.83 Å². The van der Waals surface area contributed by atoms with Gasteiger partial charge in [-0.2, -0.15) is 18.4 Å². The smallest absolute Gasteiger partial charge is 0.306 e. The Morgan fingerprint density at radius 3 is 2.39 bits per heavy atom. The Kier molecular flexibility index (Phi) is 6.39. The van der Waals surface area contributed by atoms with Gasteiger partial charge in [-0.3, -0.25) is 14.9 Å². The van der Waals surface area contributed by atoms with E-state index in [-0.39, 0.29) is 29.3 Å². The molecule has 1 aliphatic heterocycles. The molecule has 1 fully saturated rings. The van der Waals surface area contributed by atoms with Crippen molar-refractivity contribution in [2.45, 2.75) is 11.3 Å². The fraction of sp³-hybridized carbons (Fsp3) is 0.263. The number of hydrogen-bond acceptors (Lipinski definition) is 9. The van der Waals surface area contributed by atoms with Crippen molar-refractivity contribution in [3.05, 3.63) is 58.1 Å². The first-order chi connectivity index (χ1) is 14.7. The van der Waals surface area contributed by atoms with Crippen LogP contribution in [0.5, 0.6) is 11.5 Å². The molecule has 0 saturated carbocycles. The molecule has 3 rings (SSSR count). The van der Waals surface area contributed by atoms with E-state index in [0.717, 1.165) is 24.3 Å². The molecule has 12 heteroatoms. The minimum absolute atomic E-state index is 0.0342. The van der Waals surface area contributed by atoms with Crippen LogP contribution in [-0.4, -0.2) is 45.8 Å². The van der Waals surface area contributed by atoms with Crippen LogP contribution in [0.4, 0.5) is 5.69 Å². The number of hydrazone groups is 1. The molecule has 0 unspecified atom stereocenters. The number of nitro groups is 1. The van der Waals surface area contributed by atoms with E-state index in [1.807, 2.05) is 0 Å². The van der Waals surface area contributed by atoms with E-state index in [9.17, 15) is 23.3 Å². The highest BCUT2D eigenvalue weighted by molar-refractivity contribution is 7.89. The van der Waals surface area contributed by atoms with E-state index in [0.29, 0.717) is 17.1 Å². The summed E-state index contributed by atoms with van der Waals surface area (Å²) in [4.78, 5) is 23.7. The van der Waals surface area contributed by atoms with E-state index < -0.39 is 26.8 Å². The maximum absolute atomic E-state index is 12.6. The van der Waals surface area contributed by atoms with E-state index in [4.69, 9.17) is 14.2 Å². The number of rotatable bonds is 8. The average Bonchev–Trinajstić information content (AvgIpc) is 3.19. The van der Waals surface area contributed by atoms with Gasteiger partial charge in [0.25, 0.3) is 15.7 Å². The summed E-state index contributed by atoms with van der Waals surface area (Å²) in [6, 6.07) is 9.27. The van der Waals surface area contributed by atoms with Crippen LogP contribution in [-0.2, 0) is 19.6 Å². The number of hydrogen-bond donors (Lipinski definition) is 1. The van der Waals surface area contributed by atoms with E-state index >= 15 is 0 Å². The predicted molar refractivity (Wildman–Crippen MR) is 109 cm³/mol. The fourth-order valence-corrected chi connectivity index (χ4v) is 3.80. The lowest BCUT2D eigenvalue weighted by Gasteiger charge is -2.15. The number of carbonyl (C=O) groups excluding carboxylic acids is 1. The quantitative estimate of drug-likeness (QED) is 0.278. The molecular formula is C19H19N3O8S. The lowest BCUT2D eigenvalue weighted by Crippen LogP contribution is -2.24. The number of nitrogens with one attached hydrogen (secondary N) is 1. The van der Waals surface area contributed by atoms with Crippen molar-refractivity contribution < 1.29 is 32.3 Å². The van der Waals surface area contributed by atoms with Gasteiger partial charge in [-0.1, -0.05) is 0 Å². The van der Waals surface area contributed by atoms with Gasteiger partial charge < -0.3 is 14.2 Å². The Hall–Kier alpha value is -3.67. The minimum Gasteiger partial charge on any atom is -0.493 e. The van der Waals surface area contributed by atoms with E-state index in [1.165, 1.54) is 14.2 Å². The number of methoxy groups -OCH3 is 2. The summed E-state index contributed by atoms with van der Waals surface area (Å²) >= 11 is 0. The maximum atomic E-state index is 12.6. The monoisotopic (exact) mass is 449 g/mol. The van der Waals surface area contributed by atoms with E-state index in [1.54, 1.807) is 18.2 Å². The van der Waals surface area contributed by atoms with Crippen LogP contribution in [0, 0.1) is 16.0 Å². The highest BCUT2D eigenvalue weighted by atomic mass is 32.2. The maximum Gasteiger partial charge on any atom is 0.306 e. The molecule has 2 aromatic carbocycles. The summed E-state index contributed by atoms with van der Waals surface area (Å²) < 4.78 is 40.7. The Labute approximate surface area is 177 Å². The van der Waals surface area contributed by atoms with Gasteiger partial charge in [0, 0.05) is 23.6 Å². The summed E-state index contributed by atoms with van der Waals surface area (Å²) in [5, 5.41) is 14.8. The number of nitrogens with zero attached hydrogens (tertiary/aromatic N) is 2. The molecule has 31 heavy (non-hydrogen) atoms. The summed E-state index contributed by atoms with van der Waals surface area (Å²) in [6.45, 7) is 0.0469. The van der Waals surface area contributed by atoms with Crippen LogP contribution < -0.4 is 14.3 Å². The summed E-state index contributed by atoms with van der Waals surface area (Å²) in [6.07, 6.45) is 0.0342. The topological polar surface area (TPSA) is 146 Å². The summed E-state index contributed by atoms with van der Waals surface area (Å²) in [7, 11) is -1.18. The first kappa shape index (κ1) is 22.0. The molecule has 1 atom stereocenters. The van der Waals surface area contributed by atoms with Gasteiger partial charge in [-0.15, -0.1) is 0 Å². The Morgan fingerprint density at radius 2 is 1.84 bits per heavy atom. The number of benzene rings is 2. The highest BCUT2D eigenvalue weighted by Crippen LogP contribution is 2.30. The van der Waals surface area contributed by atoms with Crippen molar-refractivity contribution in [1.29, 1.82) is 0 Å². The Bertz CT molecular complexity index is 1130. The van der Waals surface area contributed by atoms with Crippen molar-refractivity contribution in [3.8, 4) is 11.5 Å². The summed E-state index contributed by atoms with van der Waals surface area (Å²) in [5.74, 6) is -0.0338. The zero-order valence-electron chi connectivity index (χ0n) is 16.6. The molecule has 1 aliphatic rings. The molecule has 11 nitrogen and oxygen atoms in total. The van der Waals surface area contributed by atoms with Gasteiger partial charge in [-0.25, -0.2) is 0 Å². The third-order valence-electron chi connectivity index (χ3n) is 4.57. The Morgan fingerprint density at radius 1 is 1.16 bits per heavy atom. The molecule has 0 radical (unpaired) electrons. The van der Waals surface area contributed by atoms with Gasteiger partial charge in [0.1, 0.15) is 6.61 Å². The lowest BCUT2D eigenvalue weighted by atomic mass is 9.95. The third kappa shape index (κ3) is 4.91. The van der Waals surface area contributed by atoms with Crippen molar-refractivity contribution in [2.24, 2.45) is 11.0 Å². The molecule has 1 N–H and O–H groups in total. The molecule has 0 aliphatic carbocycles. The minimum atomic E-state index is -4.12. The second-order valence-corrected chi connectivity index (χ2v) is 8.16. The molecule has 1 heterocycles. The van der Waals surface area contributed by atoms with Gasteiger partial charge >= 0.3 is 5.97 Å². The summed E-state index contributed by atoms with van der Waals surface area (Å²) in [5.41, 5.74) is 0.541. The zero-order valence-corrected chi connectivity index (χ0v) is 17.4. The van der Waals surface area contributed by atoms with Crippen LogP contribution >= 0.6 is 0 Å². The number of sulfonamides is 1. The second-order valence-electron chi connectivity index (χ2n) is 6.50. The fourth-order valence-electron chi connectivity index (χ4n) is 2.98. The van der Waals surface area contributed by atoms with Crippen molar-refractivity contribution in [3.63, 3.8) is 0 Å². The standard InChI is InChI=1S/C19H19N3O8S/c1-28-16-8-3-12(9-17(16)29-2)19(13-10-18(23)30-11-13)20-21-31(26,27)15-6-4-14(5-7-15)22(24)25/h3-9,13,21H,10-11H2,1-2H3/b20-19+/t13-/m0/s1. The SMILES string of the molecule is COc1ccc(/C(=N\NS(=O)(=O)c2ccc([N+](=O)[O-])cc2)[C@@H]2COC(=O)C2)cc1OC. The normalized spacial score (nSPS) is 16.5. The van der Waals surface area contributed by atoms with Crippen LogP contribution in [0.1, 0.15) is 12.0 Å². The van der Waals surface area contributed by atoms with Crippen molar-refractivity contribution >= 4 is 27.4 Å². The zero-order chi connectivity index (χ0) is 22.6. The predicted octanol–water partition coefficient (Wildman–Crippen LogP) is 1.86. The van der Waals surface area contributed by atoms with Crippen LogP contribution in [0.2, 0.25) is 0 Å². The molecule has 1 saturated heterocycles. The second kappa shape index (κ2) is 9.00. The number of cyclic esters (lactones) is 1. The van der Waals surface area contributed by atoms with Crippen LogP contribution in [0.15, 0.2) is 52.5 Å². The van der Waals surface area contributed by atoms with Gasteiger partial charge in [0.05, 0.1) is 36.2 Å².